The molecule has 3 rings (SSSR count). The molecule has 5 heteroatoms. The molecule has 0 aliphatic carbocycles. The summed E-state index contributed by atoms with van der Waals surface area (Å²) in [5, 5.41) is 11.7. The van der Waals surface area contributed by atoms with Crippen molar-refractivity contribution in [3.8, 4) is 0 Å². The Morgan fingerprint density at radius 3 is 2.54 bits per heavy atom. The number of aryl methyl sites for hydroxylation is 1. The number of aliphatic hydroxyl groups is 1. The van der Waals surface area contributed by atoms with Crippen LogP contribution in [0.2, 0.25) is 5.02 Å². The van der Waals surface area contributed by atoms with Crippen LogP contribution in [0.3, 0.4) is 0 Å². The Hall–Kier alpha value is -1.36. The molecule has 1 N–H and O–H groups in total. The largest absolute Gasteiger partial charge is 0.385 e. The molecule has 1 atom stereocenters. The molecule has 0 saturated carbocycles. The van der Waals surface area contributed by atoms with Crippen molar-refractivity contribution in [2.75, 3.05) is 13.1 Å². The van der Waals surface area contributed by atoms with Crippen LogP contribution in [-0.4, -0.2) is 38.7 Å². The van der Waals surface area contributed by atoms with Gasteiger partial charge in [0, 0.05) is 49.5 Å². The second-order valence-electron chi connectivity index (χ2n) is 6.77. The monoisotopic (exact) mass is 347 g/mol. The fourth-order valence-corrected chi connectivity index (χ4v) is 3.73. The van der Waals surface area contributed by atoms with Crippen molar-refractivity contribution in [3.05, 3.63) is 53.1 Å². The van der Waals surface area contributed by atoms with E-state index in [0.29, 0.717) is 11.1 Å². The normalized spacial score (nSPS) is 19.3. The summed E-state index contributed by atoms with van der Waals surface area (Å²) < 4.78 is 2.24. The van der Waals surface area contributed by atoms with Crippen LogP contribution in [-0.2, 0) is 18.6 Å². The van der Waals surface area contributed by atoms with Gasteiger partial charge in [0.2, 0.25) is 0 Å². The minimum atomic E-state index is -0.732. The predicted octanol–water partition coefficient (Wildman–Crippen LogP) is 3.47. The summed E-state index contributed by atoms with van der Waals surface area (Å²) in [7, 11) is 0. The van der Waals surface area contributed by atoms with Gasteiger partial charge in [-0.3, -0.25) is 4.90 Å². The Balaban J connectivity index is 1.61. The zero-order valence-corrected chi connectivity index (χ0v) is 15.2. The molecule has 0 amide bonds. The van der Waals surface area contributed by atoms with Gasteiger partial charge in [-0.05, 0) is 37.5 Å². The number of aromatic nitrogens is 2. The molecule has 0 bridgehead atoms. The second kappa shape index (κ2) is 7.26. The van der Waals surface area contributed by atoms with Crippen molar-refractivity contribution in [2.45, 2.75) is 51.3 Å². The third-order valence-corrected chi connectivity index (χ3v) is 5.46. The maximum Gasteiger partial charge on any atom is 0.108 e. The molecule has 1 saturated heterocycles. The Morgan fingerprint density at radius 2 is 1.92 bits per heavy atom. The summed E-state index contributed by atoms with van der Waals surface area (Å²) in [6.45, 7) is 7.14. The summed E-state index contributed by atoms with van der Waals surface area (Å²) in [4.78, 5) is 6.86. The van der Waals surface area contributed by atoms with Gasteiger partial charge in [-0.2, -0.15) is 0 Å². The Morgan fingerprint density at radius 1 is 1.25 bits per heavy atom. The third-order valence-electron chi connectivity index (χ3n) is 5.21. The Bertz CT molecular complexity index is 660. The number of nitrogens with zero attached hydrogens (tertiary/aromatic N) is 3. The van der Waals surface area contributed by atoms with Crippen molar-refractivity contribution >= 4 is 11.6 Å². The number of hydrogen-bond donors (Lipinski definition) is 1. The van der Waals surface area contributed by atoms with Crippen LogP contribution in [0.4, 0.5) is 0 Å². The highest BCUT2D eigenvalue weighted by atomic mass is 35.5. The molecule has 1 unspecified atom stereocenters. The first-order chi connectivity index (χ1) is 11.5. The molecule has 24 heavy (non-hydrogen) atoms. The minimum Gasteiger partial charge on any atom is -0.385 e. The topological polar surface area (TPSA) is 41.3 Å². The van der Waals surface area contributed by atoms with Crippen LogP contribution in [0.15, 0.2) is 36.7 Å². The van der Waals surface area contributed by atoms with Gasteiger partial charge < -0.3 is 9.67 Å². The molecule has 130 valence electrons. The van der Waals surface area contributed by atoms with Crippen LogP contribution < -0.4 is 0 Å². The van der Waals surface area contributed by atoms with Crippen LogP contribution in [0.5, 0.6) is 0 Å². The van der Waals surface area contributed by atoms with E-state index >= 15 is 0 Å². The van der Waals surface area contributed by atoms with E-state index in [1.54, 1.807) is 0 Å². The molecular weight excluding hydrogens is 322 g/mol. The van der Waals surface area contributed by atoms with Crippen molar-refractivity contribution in [1.29, 1.82) is 0 Å². The van der Waals surface area contributed by atoms with E-state index < -0.39 is 5.60 Å². The van der Waals surface area contributed by atoms with Crippen molar-refractivity contribution in [2.24, 2.45) is 0 Å². The first-order valence-corrected chi connectivity index (χ1v) is 9.12. The van der Waals surface area contributed by atoms with Crippen LogP contribution >= 0.6 is 11.6 Å². The lowest BCUT2D eigenvalue weighted by Gasteiger charge is -2.41. The molecule has 0 radical (unpaired) electrons. The van der Waals surface area contributed by atoms with Crippen LogP contribution in [0.25, 0.3) is 0 Å². The van der Waals surface area contributed by atoms with Gasteiger partial charge in [0.15, 0.2) is 0 Å². The Kier molecular flexibility index (Phi) is 5.28. The molecule has 1 aromatic carbocycles. The fraction of sp³-hybridized carbons (Fsp3) is 0.526. The zero-order chi connectivity index (χ0) is 17.2. The predicted molar refractivity (Wildman–Crippen MR) is 97.2 cm³/mol. The molecule has 1 aliphatic rings. The Labute approximate surface area is 149 Å². The summed E-state index contributed by atoms with van der Waals surface area (Å²) in [5.74, 6) is 1.14. The highest BCUT2D eigenvalue weighted by Gasteiger charge is 2.35. The SMILES string of the molecule is CCc1nccn1CC(C)N1CCC(O)(c2ccc(Cl)cc2)CC1. The number of halogens is 1. The number of imidazole rings is 1. The zero-order valence-electron chi connectivity index (χ0n) is 14.5. The van der Waals surface area contributed by atoms with Crippen molar-refractivity contribution in [3.63, 3.8) is 0 Å². The maximum absolute atomic E-state index is 11.0. The summed E-state index contributed by atoms with van der Waals surface area (Å²) >= 11 is 5.96. The highest BCUT2D eigenvalue weighted by Crippen LogP contribution is 2.34. The van der Waals surface area contributed by atoms with Gasteiger partial charge in [0.05, 0.1) is 5.60 Å². The average Bonchev–Trinajstić information content (AvgIpc) is 3.03. The van der Waals surface area contributed by atoms with E-state index in [2.05, 4.69) is 34.5 Å². The highest BCUT2D eigenvalue weighted by molar-refractivity contribution is 6.30. The van der Waals surface area contributed by atoms with E-state index in [4.69, 9.17) is 11.6 Å². The van der Waals surface area contributed by atoms with E-state index in [0.717, 1.165) is 50.3 Å². The van der Waals surface area contributed by atoms with E-state index in [1.807, 2.05) is 30.5 Å². The van der Waals surface area contributed by atoms with Crippen molar-refractivity contribution in [1.82, 2.24) is 14.5 Å². The smallest absolute Gasteiger partial charge is 0.108 e. The molecule has 1 aliphatic heterocycles. The quantitative estimate of drug-likeness (QED) is 0.900. The van der Waals surface area contributed by atoms with Crippen molar-refractivity contribution < 1.29 is 5.11 Å². The van der Waals surface area contributed by atoms with Gasteiger partial charge in [-0.15, -0.1) is 0 Å². The van der Waals surface area contributed by atoms with E-state index in [-0.39, 0.29) is 0 Å². The first kappa shape index (κ1) is 17.5. The van der Waals surface area contributed by atoms with Crippen LogP contribution in [0, 0.1) is 0 Å². The second-order valence-corrected chi connectivity index (χ2v) is 7.21. The molecule has 4 nitrogen and oxygen atoms in total. The molecular formula is C19H26ClN3O. The van der Waals surface area contributed by atoms with Gasteiger partial charge in [-0.1, -0.05) is 30.7 Å². The van der Waals surface area contributed by atoms with Gasteiger partial charge in [0.25, 0.3) is 0 Å². The van der Waals surface area contributed by atoms with Crippen LogP contribution in [0.1, 0.15) is 38.1 Å². The molecule has 2 heterocycles. The lowest BCUT2D eigenvalue weighted by molar-refractivity contribution is -0.0354. The number of rotatable bonds is 5. The van der Waals surface area contributed by atoms with Gasteiger partial charge in [-0.25, -0.2) is 4.98 Å². The molecule has 0 spiro atoms. The number of likely N-dealkylation sites (tertiary alicyclic amines) is 1. The summed E-state index contributed by atoms with van der Waals surface area (Å²) in [5.41, 5.74) is 0.242. The lowest BCUT2D eigenvalue weighted by Crippen LogP contribution is -2.47. The number of hydrogen-bond acceptors (Lipinski definition) is 3. The first-order valence-electron chi connectivity index (χ1n) is 8.74. The minimum absolute atomic E-state index is 0.430. The summed E-state index contributed by atoms with van der Waals surface area (Å²) in [6.07, 6.45) is 6.40. The number of benzene rings is 1. The molecule has 1 aromatic heterocycles. The molecule has 1 fully saturated rings. The maximum atomic E-state index is 11.0. The number of piperidine rings is 1. The average molecular weight is 348 g/mol. The summed E-state index contributed by atoms with van der Waals surface area (Å²) in [6, 6.07) is 8.03. The third kappa shape index (κ3) is 3.66. The fourth-order valence-electron chi connectivity index (χ4n) is 3.60. The van der Waals surface area contributed by atoms with E-state index in [9.17, 15) is 5.11 Å². The molecule has 2 aromatic rings. The van der Waals surface area contributed by atoms with E-state index in [1.165, 1.54) is 0 Å². The van der Waals surface area contributed by atoms with Gasteiger partial charge in [0.1, 0.15) is 5.82 Å². The lowest BCUT2D eigenvalue weighted by atomic mass is 9.84. The standard InChI is InChI=1S/C19H26ClN3O/c1-3-18-21-10-13-23(18)14-15(2)22-11-8-19(24,9-12-22)16-4-6-17(20)7-5-16/h4-7,10,13,15,24H,3,8-9,11-12,14H2,1-2H3. The van der Waals surface area contributed by atoms with Gasteiger partial charge >= 0.3 is 0 Å².